The van der Waals surface area contributed by atoms with E-state index in [-0.39, 0.29) is 17.9 Å². The maximum atomic E-state index is 13.9. The van der Waals surface area contributed by atoms with Gasteiger partial charge in [0.2, 0.25) is 5.91 Å². The number of hydrogen-bond acceptors (Lipinski definition) is 5. The molecule has 0 saturated heterocycles. The molecule has 0 N–H and O–H groups in total. The highest BCUT2D eigenvalue weighted by molar-refractivity contribution is 6.18. The van der Waals surface area contributed by atoms with Crippen molar-refractivity contribution >= 4 is 29.0 Å². The molecule has 0 aliphatic carbocycles. The van der Waals surface area contributed by atoms with Crippen molar-refractivity contribution in [2.24, 2.45) is 0 Å². The van der Waals surface area contributed by atoms with Crippen LogP contribution in [-0.2, 0) is 4.79 Å². The van der Waals surface area contributed by atoms with Crippen molar-refractivity contribution in [1.29, 1.82) is 0 Å². The molecule has 30 heavy (non-hydrogen) atoms. The SMILES string of the molecule is CCCCN(CCCC)C(C)C(=O)N1c2ccccc2N(C)C(=O)c2cncnc21. The Hall–Kier alpha value is -2.80. The predicted octanol–water partition coefficient (Wildman–Crippen LogP) is 4.02. The first kappa shape index (κ1) is 21.9. The van der Waals surface area contributed by atoms with Crippen molar-refractivity contribution in [3.8, 4) is 0 Å². The number of benzene rings is 1. The second-order valence-electron chi connectivity index (χ2n) is 7.71. The molecule has 1 aromatic carbocycles. The van der Waals surface area contributed by atoms with Crippen LogP contribution in [0, 0.1) is 0 Å². The van der Waals surface area contributed by atoms with Crippen LogP contribution in [0.1, 0.15) is 56.8 Å². The van der Waals surface area contributed by atoms with Crippen LogP contribution in [0.3, 0.4) is 0 Å². The number of fused-ring (bicyclic) bond motifs is 2. The van der Waals surface area contributed by atoms with Gasteiger partial charge < -0.3 is 4.90 Å². The maximum absolute atomic E-state index is 13.9. The van der Waals surface area contributed by atoms with Gasteiger partial charge in [0.15, 0.2) is 5.82 Å². The summed E-state index contributed by atoms with van der Waals surface area (Å²) in [5.74, 6) is 0.0297. The molecule has 1 aliphatic rings. The standard InChI is InChI=1S/C23H31N5O2/c1-5-7-13-27(14-8-6-2)17(3)22(29)28-20-12-10-9-11-19(20)26(4)23(30)18-15-24-16-25-21(18)28/h9-12,15-17H,5-8,13-14H2,1-4H3. The summed E-state index contributed by atoms with van der Waals surface area (Å²) in [6, 6.07) is 7.12. The van der Waals surface area contributed by atoms with Crippen LogP contribution in [0.15, 0.2) is 36.8 Å². The molecule has 0 saturated carbocycles. The summed E-state index contributed by atoms with van der Waals surface area (Å²) < 4.78 is 0. The summed E-state index contributed by atoms with van der Waals surface area (Å²) in [6.07, 6.45) is 7.10. The Labute approximate surface area is 178 Å². The molecule has 0 bridgehead atoms. The van der Waals surface area contributed by atoms with Gasteiger partial charge in [-0.15, -0.1) is 0 Å². The molecule has 1 aliphatic heterocycles. The van der Waals surface area contributed by atoms with Gasteiger partial charge in [-0.3, -0.25) is 19.4 Å². The Morgan fingerprint density at radius 2 is 1.73 bits per heavy atom. The van der Waals surface area contributed by atoms with Crippen LogP contribution < -0.4 is 9.80 Å². The van der Waals surface area contributed by atoms with Gasteiger partial charge in [-0.2, -0.15) is 0 Å². The van der Waals surface area contributed by atoms with Crippen molar-refractivity contribution in [3.63, 3.8) is 0 Å². The maximum Gasteiger partial charge on any atom is 0.263 e. The molecule has 7 heteroatoms. The minimum atomic E-state index is -0.336. The number of para-hydroxylation sites is 2. The predicted molar refractivity (Wildman–Crippen MR) is 119 cm³/mol. The second kappa shape index (κ2) is 9.80. The van der Waals surface area contributed by atoms with Crippen LogP contribution in [0.4, 0.5) is 17.2 Å². The van der Waals surface area contributed by atoms with Crippen LogP contribution in [0.5, 0.6) is 0 Å². The number of amides is 2. The van der Waals surface area contributed by atoms with Crippen molar-refractivity contribution < 1.29 is 9.59 Å². The van der Waals surface area contributed by atoms with Gasteiger partial charge in [-0.05, 0) is 45.0 Å². The van der Waals surface area contributed by atoms with E-state index in [2.05, 4.69) is 28.7 Å². The smallest absolute Gasteiger partial charge is 0.263 e. The highest BCUT2D eigenvalue weighted by atomic mass is 16.2. The van der Waals surface area contributed by atoms with E-state index in [0.29, 0.717) is 22.8 Å². The number of carbonyl (C=O) groups is 2. The molecule has 1 aromatic heterocycles. The van der Waals surface area contributed by atoms with Gasteiger partial charge in [0.05, 0.1) is 17.4 Å². The zero-order valence-electron chi connectivity index (χ0n) is 18.3. The third kappa shape index (κ3) is 4.21. The molecule has 2 amide bonds. The van der Waals surface area contributed by atoms with Gasteiger partial charge in [0.25, 0.3) is 5.91 Å². The van der Waals surface area contributed by atoms with Crippen LogP contribution in [0.25, 0.3) is 0 Å². The Morgan fingerprint density at radius 3 is 2.37 bits per heavy atom. The monoisotopic (exact) mass is 409 g/mol. The minimum Gasteiger partial charge on any atom is -0.309 e. The molecule has 1 unspecified atom stereocenters. The lowest BCUT2D eigenvalue weighted by molar-refractivity contribution is -0.122. The van der Waals surface area contributed by atoms with Crippen molar-refractivity contribution in [2.45, 2.75) is 52.5 Å². The number of unbranched alkanes of at least 4 members (excludes halogenated alkanes) is 2. The molecule has 1 atom stereocenters. The average molecular weight is 410 g/mol. The molecule has 0 fully saturated rings. The van der Waals surface area contributed by atoms with Crippen molar-refractivity contribution in [1.82, 2.24) is 14.9 Å². The summed E-state index contributed by atoms with van der Waals surface area (Å²) in [5.41, 5.74) is 1.66. The van der Waals surface area contributed by atoms with Gasteiger partial charge in [-0.1, -0.05) is 38.8 Å². The topological polar surface area (TPSA) is 69.6 Å². The highest BCUT2D eigenvalue weighted by Crippen LogP contribution is 2.39. The lowest BCUT2D eigenvalue weighted by Crippen LogP contribution is -2.46. The Morgan fingerprint density at radius 1 is 1.10 bits per heavy atom. The summed E-state index contributed by atoms with van der Waals surface area (Å²) in [5, 5.41) is 0. The molecular formula is C23H31N5O2. The molecule has 0 radical (unpaired) electrons. The van der Waals surface area contributed by atoms with Gasteiger partial charge in [-0.25, -0.2) is 9.97 Å². The molecule has 160 valence electrons. The second-order valence-corrected chi connectivity index (χ2v) is 7.71. The zero-order chi connectivity index (χ0) is 21.7. The van der Waals surface area contributed by atoms with Gasteiger partial charge in [0.1, 0.15) is 11.9 Å². The van der Waals surface area contributed by atoms with Gasteiger partial charge >= 0.3 is 0 Å². The number of hydrogen-bond donors (Lipinski definition) is 0. The zero-order valence-corrected chi connectivity index (χ0v) is 18.3. The number of carbonyl (C=O) groups excluding carboxylic acids is 2. The Balaban J connectivity index is 2.07. The minimum absolute atomic E-state index is 0.0855. The van der Waals surface area contributed by atoms with E-state index in [9.17, 15) is 9.59 Å². The first-order chi connectivity index (χ1) is 14.5. The highest BCUT2D eigenvalue weighted by Gasteiger charge is 2.36. The fourth-order valence-electron chi connectivity index (χ4n) is 3.78. The van der Waals surface area contributed by atoms with E-state index in [4.69, 9.17) is 0 Å². The number of anilines is 3. The van der Waals surface area contributed by atoms with Crippen LogP contribution >= 0.6 is 0 Å². The summed E-state index contributed by atoms with van der Waals surface area (Å²) >= 11 is 0. The third-order valence-corrected chi connectivity index (χ3v) is 5.65. The van der Waals surface area contributed by atoms with E-state index < -0.39 is 0 Å². The van der Waals surface area contributed by atoms with E-state index in [0.717, 1.165) is 38.8 Å². The van der Waals surface area contributed by atoms with Crippen LogP contribution in [0.2, 0.25) is 0 Å². The summed E-state index contributed by atoms with van der Waals surface area (Å²) in [4.78, 5) is 40.7. The lowest BCUT2D eigenvalue weighted by Gasteiger charge is -2.32. The summed E-state index contributed by atoms with van der Waals surface area (Å²) in [6.45, 7) is 8.00. The first-order valence-corrected chi connectivity index (χ1v) is 10.8. The molecule has 3 rings (SSSR count). The average Bonchev–Trinajstić information content (AvgIpc) is 2.87. The van der Waals surface area contributed by atoms with Crippen molar-refractivity contribution in [2.75, 3.05) is 29.9 Å². The van der Waals surface area contributed by atoms with E-state index >= 15 is 0 Å². The Kier molecular flexibility index (Phi) is 7.15. The number of rotatable bonds is 8. The number of aromatic nitrogens is 2. The summed E-state index contributed by atoms with van der Waals surface area (Å²) in [7, 11) is 1.71. The molecular weight excluding hydrogens is 378 g/mol. The van der Waals surface area contributed by atoms with E-state index in [1.54, 1.807) is 16.8 Å². The molecule has 2 heterocycles. The lowest BCUT2D eigenvalue weighted by atomic mass is 10.1. The largest absolute Gasteiger partial charge is 0.309 e. The van der Waals surface area contributed by atoms with Gasteiger partial charge in [0, 0.05) is 13.2 Å². The molecule has 0 spiro atoms. The molecule has 2 aromatic rings. The fourth-order valence-corrected chi connectivity index (χ4v) is 3.78. The fraction of sp³-hybridized carbons (Fsp3) is 0.478. The van der Waals surface area contributed by atoms with E-state index in [1.165, 1.54) is 12.5 Å². The quantitative estimate of drug-likeness (QED) is 0.659. The first-order valence-electron chi connectivity index (χ1n) is 10.8. The normalized spacial score (nSPS) is 14.4. The van der Waals surface area contributed by atoms with Crippen molar-refractivity contribution in [3.05, 3.63) is 42.4 Å². The third-order valence-electron chi connectivity index (χ3n) is 5.65. The molecule has 7 nitrogen and oxygen atoms in total. The Bertz CT molecular complexity index is 893. The number of nitrogens with zero attached hydrogens (tertiary/aromatic N) is 5. The van der Waals surface area contributed by atoms with Crippen LogP contribution in [-0.4, -0.2) is 52.9 Å². The van der Waals surface area contributed by atoms with E-state index in [1.807, 2.05) is 31.2 Å².